The van der Waals surface area contributed by atoms with E-state index < -0.39 is 46.9 Å². The van der Waals surface area contributed by atoms with Crippen LogP contribution in [0.25, 0.3) is 0 Å². The summed E-state index contributed by atoms with van der Waals surface area (Å²) < 4.78 is 10.6. The Kier molecular flexibility index (Phi) is 16.1. The maximum absolute atomic E-state index is 13.0. The summed E-state index contributed by atoms with van der Waals surface area (Å²) in [7, 11) is 2.50. The molecule has 1 aliphatic rings. The molecule has 238 valence electrons. The van der Waals surface area contributed by atoms with Crippen LogP contribution >= 0.6 is 45.1 Å². The van der Waals surface area contributed by atoms with Crippen molar-refractivity contribution >= 4 is 69.0 Å². The molecule has 1 rings (SSSR count). The Morgan fingerprint density at radius 1 is 0.805 bits per heavy atom. The molecule has 1 saturated carbocycles. The molecule has 3 amide bonds. The monoisotopic (exact) mass is 655 g/mol. The largest absolute Gasteiger partial charge is 0.444 e. The van der Waals surface area contributed by atoms with E-state index in [1.165, 1.54) is 48.3 Å². The summed E-state index contributed by atoms with van der Waals surface area (Å²) in [5, 5.41) is 19.6. The van der Waals surface area contributed by atoms with Gasteiger partial charge in [-0.1, -0.05) is 28.5 Å². The number of ether oxygens (including phenoxy) is 2. The second-order valence-electron chi connectivity index (χ2n) is 12.2. The third-order valence-corrected chi connectivity index (χ3v) is 10.8. The SMILES string of the molecule is CCSC1CCC1SCCNC(=O)C(CSSCC(NC(=O)OC(C)(C)C)C(=O)C(C)(C)O)NC(=O)OC(C)(C)C. The molecule has 0 bridgehead atoms. The van der Waals surface area contributed by atoms with Crippen LogP contribution in [0.3, 0.4) is 0 Å². The highest BCUT2D eigenvalue weighted by atomic mass is 33.1. The van der Waals surface area contributed by atoms with Crippen LogP contribution in [-0.4, -0.2) is 97.9 Å². The van der Waals surface area contributed by atoms with Crippen LogP contribution in [0.15, 0.2) is 0 Å². The van der Waals surface area contributed by atoms with E-state index in [4.69, 9.17) is 9.47 Å². The third kappa shape index (κ3) is 16.5. The number of hydrogen-bond donors (Lipinski definition) is 4. The van der Waals surface area contributed by atoms with Gasteiger partial charge in [0, 0.05) is 34.3 Å². The van der Waals surface area contributed by atoms with Gasteiger partial charge in [0.2, 0.25) is 5.91 Å². The van der Waals surface area contributed by atoms with Gasteiger partial charge in [-0.05, 0) is 74.0 Å². The standard InChI is InChI=1S/C27H49N3O7S4/c1-10-38-19-11-12-20(19)39-14-13-28-22(32)18(30-24(34)37-26(5,6)7)16-41-40-15-17(21(31)27(8,9)35)29-23(33)36-25(2,3)4/h17-20,35H,10-16H2,1-9H3,(H,28,32)(H,29,33)(H,30,34). The van der Waals surface area contributed by atoms with Gasteiger partial charge < -0.3 is 30.5 Å². The zero-order valence-electron chi connectivity index (χ0n) is 25.8. The molecule has 4 unspecified atom stereocenters. The molecule has 4 N–H and O–H groups in total. The highest BCUT2D eigenvalue weighted by Crippen LogP contribution is 2.39. The number of carbonyl (C=O) groups excluding carboxylic acids is 4. The van der Waals surface area contributed by atoms with Crippen molar-refractivity contribution in [3.63, 3.8) is 0 Å². The fraction of sp³-hybridized carbons (Fsp3) is 0.852. The van der Waals surface area contributed by atoms with Crippen molar-refractivity contribution in [1.29, 1.82) is 0 Å². The van der Waals surface area contributed by atoms with Gasteiger partial charge in [0.25, 0.3) is 0 Å². The van der Waals surface area contributed by atoms with E-state index in [9.17, 15) is 24.3 Å². The van der Waals surface area contributed by atoms with Crippen molar-refractivity contribution < 1.29 is 33.8 Å². The lowest BCUT2D eigenvalue weighted by Crippen LogP contribution is -2.51. The van der Waals surface area contributed by atoms with Crippen LogP contribution < -0.4 is 16.0 Å². The molecule has 0 heterocycles. The fourth-order valence-corrected chi connectivity index (χ4v) is 8.52. The summed E-state index contributed by atoms with van der Waals surface area (Å²) in [6.45, 7) is 15.7. The van der Waals surface area contributed by atoms with Crippen molar-refractivity contribution in [1.82, 2.24) is 16.0 Å². The van der Waals surface area contributed by atoms with E-state index in [2.05, 4.69) is 22.9 Å². The number of ketones is 1. The highest BCUT2D eigenvalue weighted by molar-refractivity contribution is 8.76. The summed E-state index contributed by atoms with van der Waals surface area (Å²) in [6.07, 6.45) is 0.976. The van der Waals surface area contributed by atoms with Crippen LogP contribution in [0.2, 0.25) is 0 Å². The summed E-state index contributed by atoms with van der Waals surface area (Å²) >= 11 is 3.86. The Morgan fingerprint density at radius 2 is 1.27 bits per heavy atom. The number of Topliss-reactive ketones (excluding diaryl/α,β-unsaturated/α-hetero) is 1. The van der Waals surface area contributed by atoms with Crippen molar-refractivity contribution in [2.45, 2.75) is 115 Å². The fourth-order valence-electron chi connectivity index (χ4n) is 3.47. The molecule has 0 spiro atoms. The van der Waals surface area contributed by atoms with Crippen molar-refractivity contribution in [2.24, 2.45) is 0 Å². The van der Waals surface area contributed by atoms with E-state index in [1.54, 1.807) is 41.5 Å². The molecule has 0 aromatic rings. The van der Waals surface area contributed by atoms with Crippen molar-refractivity contribution in [2.75, 3.05) is 29.6 Å². The number of aliphatic hydroxyl groups is 1. The van der Waals surface area contributed by atoms with Gasteiger partial charge in [-0.3, -0.25) is 9.59 Å². The molecule has 0 saturated heterocycles. The number of thioether (sulfide) groups is 2. The minimum absolute atomic E-state index is 0.114. The lowest BCUT2D eigenvalue weighted by Gasteiger charge is -2.35. The van der Waals surface area contributed by atoms with Crippen LogP contribution in [0, 0.1) is 0 Å². The number of carbonyl (C=O) groups is 4. The molecule has 41 heavy (non-hydrogen) atoms. The lowest BCUT2D eigenvalue weighted by atomic mass is 9.98. The number of rotatable bonds is 16. The van der Waals surface area contributed by atoms with Gasteiger partial charge >= 0.3 is 12.2 Å². The minimum Gasteiger partial charge on any atom is -0.444 e. The Morgan fingerprint density at radius 3 is 1.71 bits per heavy atom. The van der Waals surface area contributed by atoms with Gasteiger partial charge in [0.1, 0.15) is 28.9 Å². The number of amides is 3. The zero-order valence-corrected chi connectivity index (χ0v) is 29.1. The Labute approximate surface area is 261 Å². The minimum atomic E-state index is -1.67. The van der Waals surface area contributed by atoms with Crippen molar-refractivity contribution in [3.05, 3.63) is 0 Å². The molecule has 4 atom stereocenters. The third-order valence-electron chi connectivity index (χ3n) is 5.43. The van der Waals surface area contributed by atoms with E-state index >= 15 is 0 Å². The Hall–Kier alpha value is -0.960. The van der Waals surface area contributed by atoms with Gasteiger partial charge in [0.05, 0.1) is 0 Å². The molecule has 10 nitrogen and oxygen atoms in total. The van der Waals surface area contributed by atoms with Crippen LogP contribution in [0.1, 0.15) is 75.2 Å². The average Bonchev–Trinajstić information content (AvgIpc) is 2.79. The first-order valence-corrected chi connectivity index (χ1v) is 18.4. The smallest absolute Gasteiger partial charge is 0.408 e. The number of hydrogen-bond acceptors (Lipinski definition) is 11. The zero-order chi connectivity index (χ0) is 31.4. The van der Waals surface area contributed by atoms with E-state index in [0.717, 1.165) is 11.5 Å². The summed E-state index contributed by atoms with van der Waals surface area (Å²) in [4.78, 5) is 50.5. The quantitative estimate of drug-likeness (QED) is 0.137. The number of alkyl carbamates (subject to hydrolysis) is 2. The van der Waals surface area contributed by atoms with Crippen molar-refractivity contribution in [3.8, 4) is 0 Å². The predicted octanol–water partition coefficient (Wildman–Crippen LogP) is 4.63. The van der Waals surface area contributed by atoms with Crippen LogP contribution in [0.5, 0.6) is 0 Å². The predicted molar refractivity (Wildman–Crippen MR) is 173 cm³/mol. The molecule has 0 aliphatic heterocycles. The first-order valence-electron chi connectivity index (χ1n) is 13.8. The summed E-state index contributed by atoms with van der Waals surface area (Å²) in [5.41, 5.74) is -3.15. The second-order valence-corrected chi connectivity index (χ2v) is 17.6. The molecule has 0 radical (unpaired) electrons. The van der Waals surface area contributed by atoms with E-state index in [0.29, 0.717) is 17.0 Å². The molecule has 14 heteroatoms. The van der Waals surface area contributed by atoms with Crippen LogP contribution in [0.4, 0.5) is 9.59 Å². The molecule has 0 aromatic heterocycles. The first kappa shape index (κ1) is 38.1. The number of nitrogens with one attached hydrogen (secondary N) is 3. The molecule has 0 aromatic carbocycles. The van der Waals surface area contributed by atoms with Gasteiger partial charge in [-0.15, -0.1) is 0 Å². The van der Waals surface area contributed by atoms with E-state index in [1.807, 2.05) is 23.5 Å². The molecule has 1 fully saturated rings. The van der Waals surface area contributed by atoms with E-state index in [-0.39, 0.29) is 17.4 Å². The van der Waals surface area contributed by atoms with Crippen LogP contribution in [-0.2, 0) is 19.1 Å². The molecular weight excluding hydrogens is 607 g/mol. The lowest BCUT2D eigenvalue weighted by molar-refractivity contribution is -0.135. The van der Waals surface area contributed by atoms with Gasteiger partial charge in [-0.2, -0.15) is 23.5 Å². The highest BCUT2D eigenvalue weighted by Gasteiger charge is 2.34. The Bertz CT molecular complexity index is 872. The average molecular weight is 656 g/mol. The topological polar surface area (TPSA) is 143 Å². The summed E-state index contributed by atoms with van der Waals surface area (Å²) in [6, 6.07) is -1.90. The summed E-state index contributed by atoms with van der Waals surface area (Å²) in [5.74, 6) is 1.30. The first-order chi connectivity index (χ1) is 18.8. The van der Waals surface area contributed by atoms with Gasteiger partial charge in [-0.25, -0.2) is 9.59 Å². The Balaban J connectivity index is 2.72. The maximum atomic E-state index is 13.0. The molecular formula is C27H49N3O7S4. The second kappa shape index (κ2) is 17.4. The maximum Gasteiger partial charge on any atom is 0.408 e. The molecule has 1 aliphatic carbocycles. The van der Waals surface area contributed by atoms with Gasteiger partial charge in [0.15, 0.2) is 5.78 Å². The normalized spacial score (nSPS) is 18.9.